The fraction of sp³-hybridized carbons (Fsp3) is 0.444. The SMILES string of the molecule is CCOC(=O)C(Cc1ccc(OC)cc1)C(=O)OCC.O=C(O)CC(=O)O. The monoisotopic (exact) mass is 384 g/mol. The quantitative estimate of drug-likeness (QED) is 0.479. The van der Waals surface area contributed by atoms with Gasteiger partial charge in [-0.15, -0.1) is 0 Å². The lowest BCUT2D eigenvalue weighted by atomic mass is 9.99. The van der Waals surface area contributed by atoms with E-state index in [1.54, 1.807) is 33.1 Å². The standard InChI is InChI=1S/C15H20O5.C3H4O4/c1-4-19-14(16)13(15(17)20-5-2)10-11-6-8-12(18-3)9-7-11;4-2(5)1-3(6)7/h6-9,13H,4-5,10H2,1-3H3;1H2,(H,4,5)(H,6,7). The molecule has 0 aliphatic heterocycles. The van der Waals surface area contributed by atoms with Gasteiger partial charge in [0.25, 0.3) is 0 Å². The third-order valence-corrected chi connectivity index (χ3v) is 3.04. The minimum absolute atomic E-state index is 0.233. The van der Waals surface area contributed by atoms with Gasteiger partial charge in [0.1, 0.15) is 12.2 Å². The molecule has 0 aromatic heterocycles. The molecule has 0 radical (unpaired) electrons. The van der Waals surface area contributed by atoms with Crippen LogP contribution in [0.3, 0.4) is 0 Å². The van der Waals surface area contributed by atoms with Crippen molar-refractivity contribution in [2.24, 2.45) is 5.92 Å². The van der Waals surface area contributed by atoms with Gasteiger partial charge < -0.3 is 24.4 Å². The number of hydrogen-bond donors (Lipinski definition) is 2. The number of carboxylic acid groups (broad SMARTS) is 2. The second-order valence-electron chi connectivity index (χ2n) is 5.07. The van der Waals surface area contributed by atoms with Crippen molar-refractivity contribution >= 4 is 23.9 Å². The molecule has 0 fully saturated rings. The molecule has 0 aliphatic rings. The van der Waals surface area contributed by atoms with E-state index in [0.29, 0.717) is 0 Å². The highest BCUT2D eigenvalue weighted by atomic mass is 16.6. The molecule has 1 aromatic carbocycles. The van der Waals surface area contributed by atoms with Crippen molar-refractivity contribution in [3.63, 3.8) is 0 Å². The summed E-state index contributed by atoms with van der Waals surface area (Å²) in [5, 5.41) is 15.4. The van der Waals surface area contributed by atoms with E-state index in [0.717, 1.165) is 11.3 Å². The zero-order chi connectivity index (χ0) is 20.8. The number of esters is 2. The first-order valence-corrected chi connectivity index (χ1v) is 8.14. The molecule has 1 rings (SSSR count). The van der Waals surface area contributed by atoms with Gasteiger partial charge >= 0.3 is 23.9 Å². The van der Waals surface area contributed by atoms with Crippen LogP contribution in [0.15, 0.2) is 24.3 Å². The predicted octanol–water partition coefficient (Wildman–Crippen LogP) is 1.53. The topological polar surface area (TPSA) is 136 Å². The molecule has 0 amide bonds. The molecule has 2 N–H and O–H groups in total. The van der Waals surface area contributed by atoms with Crippen LogP contribution in [0.5, 0.6) is 5.75 Å². The molecule has 150 valence electrons. The molecule has 0 heterocycles. The number of benzene rings is 1. The van der Waals surface area contributed by atoms with Gasteiger partial charge in [0, 0.05) is 0 Å². The molecule has 0 atom stereocenters. The van der Waals surface area contributed by atoms with Crippen molar-refractivity contribution < 1.29 is 43.6 Å². The van der Waals surface area contributed by atoms with E-state index in [4.69, 9.17) is 24.4 Å². The van der Waals surface area contributed by atoms with Crippen molar-refractivity contribution in [2.75, 3.05) is 20.3 Å². The van der Waals surface area contributed by atoms with Gasteiger partial charge in [-0.1, -0.05) is 12.1 Å². The first kappa shape index (κ1) is 23.9. The highest BCUT2D eigenvalue weighted by Gasteiger charge is 2.29. The summed E-state index contributed by atoms with van der Waals surface area (Å²) in [5.41, 5.74) is 0.844. The zero-order valence-corrected chi connectivity index (χ0v) is 15.5. The van der Waals surface area contributed by atoms with E-state index < -0.39 is 36.2 Å². The number of carbonyl (C=O) groups excluding carboxylic acids is 2. The van der Waals surface area contributed by atoms with Crippen LogP contribution in [-0.2, 0) is 35.1 Å². The Morgan fingerprint density at radius 2 is 1.33 bits per heavy atom. The Labute approximate surface area is 156 Å². The van der Waals surface area contributed by atoms with E-state index in [1.807, 2.05) is 12.1 Å². The maximum atomic E-state index is 11.8. The summed E-state index contributed by atoms with van der Waals surface area (Å²) in [5.74, 6) is -3.94. The molecule has 9 heteroatoms. The van der Waals surface area contributed by atoms with Gasteiger partial charge in [-0.2, -0.15) is 0 Å². The normalized spacial score (nSPS) is 9.63. The Bertz CT molecular complexity index is 592. The van der Waals surface area contributed by atoms with Crippen LogP contribution < -0.4 is 4.74 Å². The van der Waals surface area contributed by atoms with Crippen LogP contribution in [0.2, 0.25) is 0 Å². The number of methoxy groups -OCH3 is 1. The average molecular weight is 384 g/mol. The molecular weight excluding hydrogens is 360 g/mol. The molecule has 27 heavy (non-hydrogen) atoms. The molecule has 9 nitrogen and oxygen atoms in total. The van der Waals surface area contributed by atoms with Gasteiger partial charge in [-0.3, -0.25) is 19.2 Å². The number of hydrogen-bond acceptors (Lipinski definition) is 7. The van der Waals surface area contributed by atoms with Crippen LogP contribution >= 0.6 is 0 Å². The van der Waals surface area contributed by atoms with Gasteiger partial charge in [0.2, 0.25) is 0 Å². The molecule has 0 aliphatic carbocycles. The minimum atomic E-state index is -1.31. The third kappa shape index (κ3) is 10.5. The van der Waals surface area contributed by atoms with E-state index in [2.05, 4.69) is 0 Å². The van der Waals surface area contributed by atoms with Crippen LogP contribution in [0.4, 0.5) is 0 Å². The zero-order valence-electron chi connectivity index (χ0n) is 15.5. The Balaban J connectivity index is 0.000000821. The molecule has 0 saturated heterocycles. The molecule has 0 unspecified atom stereocenters. The van der Waals surface area contributed by atoms with Crippen molar-refractivity contribution in [1.29, 1.82) is 0 Å². The number of rotatable bonds is 9. The fourth-order valence-electron chi connectivity index (χ4n) is 1.88. The van der Waals surface area contributed by atoms with Crippen LogP contribution in [-0.4, -0.2) is 54.4 Å². The highest BCUT2D eigenvalue weighted by Crippen LogP contribution is 2.16. The summed E-state index contributed by atoms with van der Waals surface area (Å²) in [6.45, 7) is 3.87. The molecule has 0 saturated carbocycles. The van der Waals surface area contributed by atoms with Crippen LogP contribution in [0, 0.1) is 5.92 Å². The van der Waals surface area contributed by atoms with E-state index in [-0.39, 0.29) is 19.6 Å². The van der Waals surface area contributed by atoms with Crippen molar-refractivity contribution in [1.82, 2.24) is 0 Å². The fourth-order valence-corrected chi connectivity index (χ4v) is 1.88. The lowest BCUT2D eigenvalue weighted by Crippen LogP contribution is -2.30. The summed E-state index contributed by atoms with van der Waals surface area (Å²) in [7, 11) is 1.58. The lowest BCUT2D eigenvalue weighted by Gasteiger charge is -2.14. The van der Waals surface area contributed by atoms with Gasteiger partial charge in [-0.05, 0) is 38.0 Å². The highest BCUT2D eigenvalue weighted by molar-refractivity contribution is 5.95. The molecular formula is C18H24O9. The van der Waals surface area contributed by atoms with Crippen molar-refractivity contribution in [3.05, 3.63) is 29.8 Å². The Morgan fingerprint density at radius 3 is 1.63 bits per heavy atom. The second-order valence-corrected chi connectivity index (χ2v) is 5.07. The van der Waals surface area contributed by atoms with Gasteiger partial charge in [-0.25, -0.2) is 0 Å². The van der Waals surface area contributed by atoms with E-state index in [9.17, 15) is 19.2 Å². The van der Waals surface area contributed by atoms with Crippen LogP contribution in [0.25, 0.3) is 0 Å². The van der Waals surface area contributed by atoms with E-state index >= 15 is 0 Å². The summed E-state index contributed by atoms with van der Waals surface area (Å²) in [6.07, 6.45) is -0.554. The summed E-state index contributed by atoms with van der Waals surface area (Å²) in [4.78, 5) is 42.5. The van der Waals surface area contributed by atoms with Crippen LogP contribution in [0.1, 0.15) is 25.8 Å². The first-order chi connectivity index (χ1) is 12.7. The summed E-state index contributed by atoms with van der Waals surface area (Å²) < 4.78 is 14.9. The van der Waals surface area contributed by atoms with Gasteiger partial charge in [0.05, 0.1) is 20.3 Å². The van der Waals surface area contributed by atoms with E-state index in [1.165, 1.54) is 0 Å². The van der Waals surface area contributed by atoms with Gasteiger partial charge in [0.15, 0.2) is 5.92 Å². The number of carbonyl (C=O) groups is 4. The summed E-state index contributed by atoms with van der Waals surface area (Å²) >= 11 is 0. The Hall–Kier alpha value is -3.10. The third-order valence-electron chi connectivity index (χ3n) is 3.04. The smallest absolute Gasteiger partial charge is 0.320 e. The number of aliphatic carboxylic acids is 2. The Morgan fingerprint density at radius 1 is 0.889 bits per heavy atom. The minimum Gasteiger partial charge on any atom is -0.497 e. The largest absolute Gasteiger partial charge is 0.497 e. The lowest BCUT2D eigenvalue weighted by molar-refractivity contribution is -0.161. The Kier molecular flexibility index (Phi) is 11.6. The van der Waals surface area contributed by atoms with Crippen molar-refractivity contribution in [2.45, 2.75) is 26.7 Å². The second kappa shape index (κ2) is 13.2. The maximum absolute atomic E-state index is 11.8. The molecule has 0 bridgehead atoms. The summed E-state index contributed by atoms with van der Waals surface area (Å²) in [6, 6.07) is 7.18. The molecule has 1 aromatic rings. The average Bonchev–Trinajstić information content (AvgIpc) is 2.59. The number of ether oxygens (including phenoxy) is 3. The first-order valence-electron chi connectivity index (χ1n) is 8.14. The predicted molar refractivity (Wildman–Crippen MR) is 93.3 cm³/mol. The van der Waals surface area contributed by atoms with Crippen molar-refractivity contribution in [3.8, 4) is 5.75 Å². The molecule has 0 spiro atoms. The number of carboxylic acids is 2. The maximum Gasteiger partial charge on any atom is 0.320 e.